The summed E-state index contributed by atoms with van der Waals surface area (Å²) in [7, 11) is 1.87. The summed E-state index contributed by atoms with van der Waals surface area (Å²) in [6, 6.07) is 0. The highest BCUT2D eigenvalue weighted by Gasteiger charge is 2.23. The number of nitrogens with zero attached hydrogens (tertiary/aromatic N) is 4. The second-order valence-corrected chi connectivity index (χ2v) is 4.48. The molecule has 0 aromatic carbocycles. The van der Waals surface area contributed by atoms with Gasteiger partial charge in [-0.1, -0.05) is 0 Å². The molecule has 0 spiro atoms. The lowest BCUT2D eigenvalue weighted by Gasteiger charge is -2.20. The van der Waals surface area contributed by atoms with Crippen LogP contribution in [0.2, 0.25) is 0 Å². The Kier molecular flexibility index (Phi) is 2.55. The maximum Gasteiger partial charge on any atom is 0.356 e. The Morgan fingerprint density at radius 2 is 2.22 bits per heavy atom. The van der Waals surface area contributed by atoms with Crippen molar-refractivity contribution in [3.05, 3.63) is 17.7 Å². The normalized spacial score (nSPS) is 17.4. The van der Waals surface area contributed by atoms with E-state index in [1.807, 2.05) is 11.6 Å². The quantitative estimate of drug-likeness (QED) is 0.846. The first-order chi connectivity index (χ1) is 8.66. The number of carboxylic acid groups (broad SMARTS) is 1. The van der Waals surface area contributed by atoms with Crippen LogP contribution in [0.4, 0.5) is 0 Å². The molecule has 2 aromatic heterocycles. The number of aryl methyl sites for hydroxylation is 1. The van der Waals surface area contributed by atoms with Crippen LogP contribution in [0, 0.1) is 0 Å². The average molecular weight is 250 g/mol. The zero-order valence-corrected chi connectivity index (χ0v) is 10.0. The fraction of sp³-hybridized carbons (Fsp3) is 0.545. The number of rotatable bonds is 2. The Balaban J connectivity index is 2.01. The summed E-state index contributed by atoms with van der Waals surface area (Å²) in [6.45, 7) is 1.50. The highest BCUT2D eigenvalue weighted by atomic mass is 16.5. The SMILES string of the molecule is Cn1c(C2CCOCC2)nn2cc(C(=O)O)nc12. The van der Waals surface area contributed by atoms with Crippen molar-refractivity contribution in [2.75, 3.05) is 13.2 Å². The van der Waals surface area contributed by atoms with Crippen LogP contribution in [0.1, 0.15) is 35.1 Å². The highest BCUT2D eigenvalue weighted by Crippen LogP contribution is 2.26. The molecular weight excluding hydrogens is 236 g/mol. The molecule has 3 heterocycles. The van der Waals surface area contributed by atoms with Crippen LogP contribution < -0.4 is 0 Å². The molecule has 7 heteroatoms. The van der Waals surface area contributed by atoms with Gasteiger partial charge in [0.05, 0.1) is 6.20 Å². The summed E-state index contributed by atoms with van der Waals surface area (Å²) in [5.74, 6) is 0.832. The van der Waals surface area contributed by atoms with Crippen molar-refractivity contribution in [1.82, 2.24) is 19.2 Å². The number of ether oxygens (including phenoxy) is 1. The van der Waals surface area contributed by atoms with Crippen molar-refractivity contribution in [2.24, 2.45) is 7.05 Å². The van der Waals surface area contributed by atoms with Gasteiger partial charge in [-0.2, -0.15) is 5.10 Å². The number of aromatic nitrogens is 4. The fourth-order valence-electron chi connectivity index (χ4n) is 2.36. The van der Waals surface area contributed by atoms with E-state index in [0.717, 1.165) is 31.9 Å². The maximum atomic E-state index is 10.8. The van der Waals surface area contributed by atoms with Gasteiger partial charge in [-0.3, -0.25) is 4.57 Å². The van der Waals surface area contributed by atoms with Gasteiger partial charge in [0, 0.05) is 26.2 Å². The average Bonchev–Trinajstić information content (AvgIpc) is 2.91. The number of imidazole rings is 1. The van der Waals surface area contributed by atoms with Gasteiger partial charge in [0.15, 0.2) is 5.69 Å². The molecule has 96 valence electrons. The second-order valence-electron chi connectivity index (χ2n) is 4.48. The molecule has 1 N–H and O–H groups in total. The Labute approximate surface area is 103 Å². The molecule has 18 heavy (non-hydrogen) atoms. The Morgan fingerprint density at radius 3 is 2.83 bits per heavy atom. The van der Waals surface area contributed by atoms with Gasteiger partial charge in [-0.25, -0.2) is 14.3 Å². The Morgan fingerprint density at radius 1 is 1.50 bits per heavy atom. The minimum atomic E-state index is -1.03. The number of carboxylic acids is 1. The van der Waals surface area contributed by atoms with Crippen LogP contribution in [0.25, 0.3) is 5.78 Å². The molecule has 1 aliphatic heterocycles. The van der Waals surface area contributed by atoms with E-state index < -0.39 is 5.97 Å². The number of carbonyl (C=O) groups is 1. The topological polar surface area (TPSA) is 81.7 Å². The van der Waals surface area contributed by atoms with Gasteiger partial charge in [0.25, 0.3) is 0 Å². The van der Waals surface area contributed by atoms with Crippen LogP contribution in [0.3, 0.4) is 0 Å². The van der Waals surface area contributed by atoms with Crippen LogP contribution in [0.5, 0.6) is 0 Å². The van der Waals surface area contributed by atoms with E-state index in [0.29, 0.717) is 11.7 Å². The highest BCUT2D eigenvalue weighted by molar-refractivity contribution is 5.85. The van der Waals surface area contributed by atoms with Crippen LogP contribution >= 0.6 is 0 Å². The van der Waals surface area contributed by atoms with Crippen molar-refractivity contribution in [1.29, 1.82) is 0 Å². The van der Waals surface area contributed by atoms with E-state index >= 15 is 0 Å². The van der Waals surface area contributed by atoms with Gasteiger partial charge >= 0.3 is 5.97 Å². The molecule has 0 radical (unpaired) electrons. The molecule has 0 saturated carbocycles. The van der Waals surface area contributed by atoms with Gasteiger partial charge in [0.1, 0.15) is 5.82 Å². The predicted octanol–water partition coefficient (Wildman–Crippen LogP) is 0.660. The molecular formula is C11H14N4O3. The van der Waals surface area contributed by atoms with E-state index in [-0.39, 0.29) is 5.69 Å². The van der Waals surface area contributed by atoms with E-state index in [1.165, 1.54) is 10.7 Å². The standard InChI is InChI=1S/C11H14N4O3/c1-14-9(7-2-4-18-5-3-7)13-15-6-8(10(16)17)12-11(14)15/h6-7H,2-5H2,1H3,(H,16,17). The summed E-state index contributed by atoms with van der Waals surface area (Å²) in [5.41, 5.74) is 0.0200. The Bertz CT molecular complexity index is 595. The summed E-state index contributed by atoms with van der Waals surface area (Å²) >= 11 is 0. The molecule has 0 unspecified atom stereocenters. The van der Waals surface area contributed by atoms with Crippen molar-refractivity contribution in [3.8, 4) is 0 Å². The third kappa shape index (κ3) is 1.67. The van der Waals surface area contributed by atoms with Gasteiger partial charge < -0.3 is 9.84 Å². The maximum absolute atomic E-state index is 10.8. The lowest BCUT2D eigenvalue weighted by atomic mass is 10.00. The molecule has 1 aliphatic rings. The van der Waals surface area contributed by atoms with E-state index in [9.17, 15) is 4.79 Å². The molecule has 3 rings (SSSR count). The molecule has 7 nitrogen and oxygen atoms in total. The first-order valence-corrected chi connectivity index (χ1v) is 5.90. The van der Waals surface area contributed by atoms with E-state index in [4.69, 9.17) is 9.84 Å². The zero-order valence-electron chi connectivity index (χ0n) is 10.0. The number of hydrogen-bond acceptors (Lipinski definition) is 4. The molecule has 0 amide bonds. The first kappa shape index (κ1) is 11.2. The minimum absolute atomic E-state index is 0.0200. The van der Waals surface area contributed by atoms with Crippen LogP contribution in [-0.2, 0) is 11.8 Å². The van der Waals surface area contributed by atoms with Crippen molar-refractivity contribution >= 4 is 11.7 Å². The van der Waals surface area contributed by atoms with Crippen LogP contribution in [-0.4, -0.2) is 43.5 Å². The molecule has 1 saturated heterocycles. The molecule has 0 aliphatic carbocycles. The minimum Gasteiger partial charge on any atom is -0.476 e. The number of aromatic carboxylic acids is 1. The number of hydrogen-bond donors (Lipinski definition) is 1. The smallest absolute Gasteiger partial charge is 0.356 e. The molecule has 0 bridgehead atoms. The number of fused-ring (bicyclic) bond motifs is 1. The van der Waals surface area contributed by atoms with E-state index in [1.54, 1.807) is 0 Å². The summed E-state index contributed by atoms with van der Waals surface area (Å²) in [5, 5.41) is 13.3. The third-order valence-electron chi connectivity index (χ3n) is 3.33. The van der Waals surface area contributed by atoms with E-state index in [2.05, 4.69) is 10.1 Å². The fourth-order valence-corrected chi connectivity index (χ4v) is 2.36. The molecule has 1 fully saturated rings. The largest absolute Gasteiger partial charge is 0.476 e. The van der Waals surface area contributed by atoms with Crippen molar-refractivity contribution in [3.63, 3.8) is 0 Å². The first-order valence-electron chi connectivity index (χ1n) is 5.90. The predicted molar refractivity (Wildman–Crippen MR) is 61.7 cm³/mol. The monoisotopic (exact) mass is 250 g/mol. The van der Waals surface area contributed by atoms with Gasteiger partial charge in [-0.05, 0) is 12.8 Å². The summed E-state index contributed by atoms with van der Waals surface area (Å²) in [4.78, 5) is 14.9. The lowest BCUT2D eigenvalue weighted by Crippen LogP contribution is -2.17. The second kappa shape index (κ2) is 4.09. The molecule has 2 aromatic rings. The zero-order chi connectivity index (χ0) is 12.7. The van der Waals surface area contributed by atoms with Gasteiger partial charge in [0.2, 0.25) is 5.78 Å². The third-order valence-corrected chi connectivity index (χ3v) is 3.33. The van der Waals surface area contributed by atoms with Crippen LogP contribution in [0.15, 0.2) is 6.20 Å². The lowest BCUT2D eigenvalue weighted by molar-refractivity contribution is 0.0691. The molecule has 0 atom stereocenters. The summed E-state index contributed by atoms with van der Waals surface area (Å²) < 4.78 is 8.73. The Hall–Kier alpha value is -1.89. The van der Waals surface area contributed by atoms with Crippen molar-refractivity contribution in [2.45, 2.75) is 18.8 Å². The van der Waals surface area contributed by atoms with Crippen molar-refractivity contribution < 1.29 is 14.6 Å². The van der Waals surface area contributed by atoms with Gasteiger partial charge in [-0.15, -0.1) is 0 Å². The summed E-state index contributed by atoms with van der Waals surface area (Å²) in [6.07, 6.45) is 3.33.